The van der Waals surface area contributed by atoms with E-state index < -0.39 is 0 Å². The van der Waals surface area contributed by atoms with Crippen molar-refractivity contribution in [3.63, 3.8) is 0 Å². The van der Waals surface area contributed by atoms with E-state index in [1.165, 1.54) is 38.5 Å². The van der Waals surface area contributed by atoms with Crippen LogP contribution in [0.25, 0.3) is 0 Å². The van der Waals surface area contributed by atoms with Gasteiger partial charge in [-0.15, -0.1) is 0 Å². The van der Waals surface area contributed by atoms with Gasteiger partial charge in [-0.25, -0.2) is 0 Å². The normalized spacial score (nSPS) is 19.4. The van der Waals surface area contributed by atoms with Crippen molar-refractivity contribution < 1.29 is 4.74 Å². The van der Waals surface area contributed by atoms with Gasteiger partial charge in [-0.05, 0) is 25.8 Å². The number of hydrogen-bond donors (Lipinski definition) is 1. The van der Waals surface area contributed by atoms with Gasteiger partial charge < -0.3 is 10.1 Å². The third-order valence-corrected chi connectivity index (χ3v) is 3.03. The van der Waals surface area contributed by atoms with Crippen LogP contribution in [0.4, 0.5) is 0 Å². The lowest BCUT2D eigenvalue weighted by Gasteiger charge is -2.15. The summed E-state index contributed by atoms with van der Waals surface area (Å²) in [5.74, 6) is 0. The molecular formula is C13H27NO. The molecule has 90 valence electrons. The second-order valence-corrected chi connectivity index (χ2v) is 4.95. The van der Waals surface area contributed by atoms with Crippen LogP contribution in [0.5, 0.6) is 0 Å². The molecule has 0 atom stereocenters. The van der Waals surface area contributed by atoms with Crippen molar-refractivity contribution in [2.75, 3.05) is 13.2 Å². The van der Waals surface area contributed by atoms with Gasteiger partial charge in [0.25, 0.3) is 0 Å². The van der Waals surface area contributed by atoms with Crippen molar-refractivity contribution in [1.29, 1.82) is 0 Å². The van der Waals surface area contributed by atoms with Crippen molar-refractivity contribution in [2.45, 2.75) is 70.9 Å². The summed E-state index contributed by atoms with van der Waals surface area (Å²) in [4.78, 5) is 0. The number of ether oxygens (including phenoxy) is 1. The SMILES string of the molecule is CC(C)NCCCOC1CCCCCC1. The molecule has 0 aromatic rings. The van der Waals surface area contributed by atoms with Gasteiger partial charge in [0.2, 0.25) is 0 Å². The Kier molecular flexibility index (Phi) is 7.03. The third kappa shape index (κ3) is 6.91. The molecule has 15 heavy (non-hydrogen) atoms. The molecule has 0 amide bonds. The van der Waals surface area contributed by atoms with E-state index in [0.717, 1.165) is 19.6 Å². The van der Waals surface area contributed by atoms with Crippen LogP contribution in [0, 0.1) is 0 Å². The smallest absolute Gasteiger partial charge is 0.0575 e. The molecule has 0 radical (unpaired) electrons. The van der Waals surface area contributed by atoms with Crippen LogP contribution >= 0.6 is 0 Å². The maximum Gasteiger partial charge on any atom is 0.0575 e. The van der Waals surface area contributed by atoms with Crippen molar-refractivity contribution in [3.05, 3.63) is 0 Å². The van der Waals surface area contributed by atoms with Crippen molar-refractivity contribution in [2.24, 2.45) is 0 Å². The van der Waals surface area contributed by atoms with E-state index in [0.29, 0.717) is 12.1 Å². The third-order valence-electron chi connectivity index (χ3n) is 3.03. The first kappa shape index (κ1) is 13.0. The van der Waals surface area contributed by atoms with Crippen LogP contribution in [0.1, 0.15) is 58.8 Å². The average molecular weight is 213 g/mol. The summed E-state index contributed by atoms with van der Waals surface area (Å²) >= 11 is 0. The van der Waals surface area contributed by atoms with Gasteiger partial charge in [-0.3, -0.25) is 0 Å². The highest BCUT2D eigenvalue weighted by Crippen LogP contribution is 2.19. The summed E-state index contributed by atoms with van der Waals surface area (Å²) in [7, 11) is 0. The highest BCUT2D eigenvalue weighted by molar-refractivity contribution is 4.64. The average Bonchev–Trinajstić information content (AvgIpc) is 2.45. The van der Waals surface area contributed by atoms with Gasteiger partial charge in [0.15, 0.2) is 0 Å². The minimum absolute atomic E-state index is 0.562. The summed E-state index contributed by atoms with van der Waals surface area (Å²) in [5, 5.41) is 3.42. The Hall–Kier alpha value is -0.0800. The van der Waals surface area contributed by atoms with Crippen LogP contribution in [0.3, 0.4) is 0 Å². The highest BCUT2D eigenvalue weighted by atomic mass is 16.5. The molecule has 0 saturated heterocycles. The molecule has 1 fully saturated rings. The largest absolute Gasteiger partial charge is 0.378 e. The molecule has 1 saturated carbocycles. The Morgan fingerprint density at radius 2 is 1.80 bits per heavy atom. The molecule has 2 heteroatoms. The summed E-state index contributed by atoms with van der Waals surface area (Å²) in [6.07, 6.45) is 9.85. The molecule has 0 aromatic carbocycles. The number of hydrogen-bond acceptors (Lipinski definition) is 2. The van der Waals surface area contributed by atoms with E-state index in [2.05, 4.69) is 19.2 Å². The lowest BCUT2D eigenvalue weighted by molar-refractivity contribution is 0.0417. The van der Waals surface area contributed by atoms with Crippen molar-refractivity contribution >= 4 is 0 Å². The standard InChI is InChI=1S/C13H27NO/c1-12(2)14-10-7-11-15-13-8-5-3-4-6-9-13/h12-14H,3-11H2,1-2H3. The molecule has 1 rings (SSSR count). The molecule has 0 heterocycles. The number of nitrogens with one attached hydrogen (secondary N) is 1. The summed E-state index contributed by atoms with van der Waals surface area (Å²) < 4.78 is 5.90. The van der Waals surface area contributed by atoms with Crippen LogP contribution in [0.2, 0.25) is 0 Å². The maximum absolute atomic E-state index is 5.90. The molecule has 0 spiro atoms. The van der Waals surface area contributed by atoms with E-state index in [4.69, 9.17) is 4.74 Å². The van der Waals surface area contributed by atoms with Crippen LogP contribution in [-0.2, 0) is 4.74 Å². The number of rotatable bonds is 6. The predicted octanol–water partition coefficient (Wildman–Crippen LogP) is 3.11. The van der Waals surface area contributed by atoms with E-state index in [9.17, 15) is 0 Å². The molecule has 0 unspecified atom stereocenters. The Balaban J connectivity index is 1.94. The Morgan fingerprint density at radius 3 is 2.40 bits per heavy atom. The van der Waals surface area contributed by atoms with E-state index in [1.54, 1.807) is 0 Å². The van der Waals surface area contributed by atoms with Crippen molar-refractivity contribution in [1.82, 2.24) is 5.32 Å². The Labute approximate surface area is 94.8 Å². The maximum atomic E-state index is 5.90. The monoisotopic (exact) mass is 213 g/mol. The predicted molar refractivity (Wildman–Crippen MR) is 65.2 cm³/mol. The molecule has 1 aliphatic rings. The van der Waals surface area contributed by atoms with Crippen molar-refractivity contribution in [3.8, 4) is 0 Å². The fraction of sp³-hybridized carbons (Fsp3) is 1.00. The Morgan fingerprint density at radius 1 is 1.13 bits per heavy atom. The second kappa shape index (κ2) is 8.12. The topological polar surface area (TPSA) is 21.3 Å². The van der Waals surface area contributed by atoms with Crippen LogP contribution < -0.4 is 5.32 Å². The first-order valence-corrected chi connectivity index (χ1v) is 6.64. The van der Waals surface area contributed by atoms with E-state index in [1.807, 2.05) is 0 Å². The fourth-order valence-corrected chi connectivity index (χ4v) is 2.12. The van der Waals surface area contributed by atoms with E-state index >= 15 is 0 Å². The van der Waals surface area contributed by atoms with Gasteiger partial charge in [0.1, 0.15) is 0 Å². The summed E-state index contributed by atoms with van der Waals surface area (Å²) in [5.41, 5.74) is 0. The molecule has 1 aliphatic carbocycles. The highest BCUT2D eigenvalue weighted by Gasteiger charge is 2.11. The fourth-order valence-electron chi connectivity index (χ4n) is 2.12. The Bertz CT molecular complexity index is 139. The quantitative estimate of drug-likeness (QED) is 0.541. The minimum Gasteiger partial charge on any atom is -0.378 e. The molecule has 1 N–H and O–H groups in total. The zero-order valence-corrected chi connectivity index (χ0v) is 10.4. The van der Waals surface area contributed by atoms with Gasteiger partial charge in [-0.2, -0.15) is 0 Å². The first-order chi connectivity index (χ1) is 7.29. The lowest BCUT2D eigenvalue weighted by Crippen LogP contribution is -2.25. The van der Waals surface area contributed by atoms with Gasteiger partial charge in [0.05, 0.1) is 6.10 Å². The van der Waals surface area contributed by atoms with Gasteiger partial charge >= 0.3 is 0 Å². The molecular weight excluding hydrogens is 186 g/mol. The van der Waals surface area contributed by atoms with Gasteiger partial charge in [-0.1, -0.05) is 39.5 Å². The molecule has 0 bridgehead atoms. The molecule has 2 nitrogen and oxygen atoms in total. The second-order valence-electron chi connectivity index (χ2n) is 4.95. The molecule has 0 aliphatic heterocycles. The van der Waals surface area contributed by atoms with E-state index in [-0.39, 0.29) is 0 Å². The first-order valence-electron chi connectivity index (χ1n) is 6.64. The molecule has 0 aromatic heterocycles. The lowest BCUT2D eigenvalue weighted by atomic mass is 10.1. The zero-order chi connectivity index (χ0) is 10.9. The van der Waals surface area contributed by atoms with Crippen LogP contribution in [0.15, 0.2) is 0 Å². The summed E-state index contributed by atoms with van der Waals surface area (Å²) in [6.45, 7) is 6.40. The summed E-state index contributed by atoms with van der Waals surface area (Å²) in [6, 6.07) is 0.600. The van der Waals surface area contributed by atoms with Gasteiger partial charge in [0, 0.05) is 12.6 Å². The minimum atomic E-state index is 0.562. The van der Waals surface area contributed by atoms with Crippen LogP contribution in [-0.4, -0.2) is 25.3 Å². The zero-order valence-electron chi connectivity index (χ0n) is 10.4.